The van der Waals surface area contributed by atoms with Gasteiger partial charge in [-0.3, -0.25) is 0 Å². The zero-order valence-corrected chi connectivity index (χ0v) is 14.7. The van der Waals surface area contributed by atoms with Crippen LogP contribution in [-0.2, 0) is 11.0 Å². The summed E-state index contributed by atoms with van der Waals surface area (Å²) in [5, 5.41) is 7.12. The summed E-state index contributed by atoms with van der Waals surface area (Å²) in [6.07, 6.45) is -6.25. The Morgan fingerprint density at radius 3 is 2.19 bits per heavy atom. The van der Waals surface area contributed by atoms with Crippen LogP contribution in [-0.4, -0.2) is 48.4 Å². The number of benzene rings is 1. The van der Waals surface area contributed by atoms with Gasteiger partial charge in [0.05, 0.1) is 12.2 Å². The highest BCUT2D eigenvalue weighted by Gasteiger charge is 2.38. The van der Waals surface area contributed by atoms with Crippen LogP contribution in [0.5, 0.6) is 5.75 Å². The van der Waals surface area contributed by atoms with E-state index in [1.807, 2.05) is 0 Å². The van der Waals surface area contributed by atoms with E-state index in [1.54, 1.807) is 13.0 Å². The first-order valence-corrected chi connectivity index (χ1v) is 8.24. The average molecular weight is 401 g/mol. The number of aryl methyl sites for hydroxylation is 1. The van der Waals surface area contributed by atoms with Gasteiger partial charge in [0, 0.05) is 6.54 Å². The molecular weight excluding hydrogens is 380 g/mol. The Balaban J connectivity index is 0.000000445. The van der Waals surface area contributed by atoms with E-state index in [9.17, 15) is 26.3 Å². The molecule has 1 aliphatic rings. The van der Waals surface area contributed by atoms with Crippen molar-refractivity contribution >= 4 is 5.97 Å². The van der Waals surface area contributed by atoms with E-state index in [0.29, 0.717) is 12.2 Å². The quantitative estimate of drug-likeness (QED) is 0.583. The van der Waals surface area contributed by atoms with Crippen LogP contribution in [0.15, 0.2) is 18.2 Å². The van der Waals surface area contributed by atoms with Crippen molar-refractivity contribution in [3.05, 3.63) is 29.3 Å². The zero-order chi connectivity index (χ0) is 20.7. The highest BCUT2D eigenvalue weighted by atomic mass is 19.4. The second-order valence-corrected chi connectivity index (χ2v) is 6.05. The van der Waals surface area contributed by atoms with Crippen LogP contribution in [0, 0.1) is 6.92 Å². The number of carbonyl (C=O) groups is 1. The normalized spacial score (nSPS) is 15.2. The number of aliphatic carboxylic acids is 1. The minimum absolute atomic E-state index is 0.0653. The number of halogens is 6. The molecule has 0 unspecified atom stereocenters. The summed E-state index contributed by atoms with van der Waals surface area (Å²) in [6.45, 7) is 5.05. The number of ether oxygens (including phenoxy) is 1. The lowest BCUT2D eigenvalue weighted by Crippen LogP contribution is -2.22. The maximum Gasteiger partial charge on any atom is 0.490 e. The Morgan fingerprint density at radius 1 is 1.15 bits per heavy atom. The van der Waals surface area contributed by atoms with Gasteiger partial charge in [0.1, 0.15) is 5.75 Å². The van der Waals surface area contributed by atoms with Crippen LogP contribution in [0.3, 0.4) is 0 Å². The fourth-order valence-corrected chi connectivity index (χ4v) is 2.47. The van der Waals surface area contributed by atoms with E-state index in [-0.39, 0.29) is 5.75 Å². The molecule has 0 aliphatic carbocycles. The maximum atomic E-state index is 12.9. The molecule has 27 heavy (non-hydrogen) atoms. The van der Waals surface area contributed by atoms with Gasteiger partial charge in [-0.2, -0.15) is 26.3 Å². The lowest BCUT2D eigenvalue weighted by atomic mass is 10.1. The number of carboxylic acid groups (broad SMARTS) is 1. The van der Waals surface area contributed by atoms with E-state index in [2.05, 4.69) is 4.90 Å². The Morgan fingerprint density at radius 2 is 1.70 bits per heavy atom. The number of rotatable bonds is 5. The third-order valence-corrected chi connectivity index (χ3v) is 3.76. The summed E-state index contributed by atoms with van der Waals surface area (Å²) in [5.41, 5.74) is -0.0968. The lowest BCUT2D eigenvalue weighted by Gasteiger charge is -2.17. The second-order valence-electron chi connectivity index (χ2n) is 6.05. The van der Waals surface area contributed by atoms with Crippen molar-refractivity contribution in [1.29, 1.82) is 0 Å². The molecule has 154 valence electrons. The molecule has 0 radical (unpaired) electrons. The molecule has 1 fully saturated rings. The van der Waals surface area contributed by atoms with Gasteiger partial charge in [-0.25, -0.2) is 4.79 Å². The van der Waals surface area contributed by atoms with Gasteiger partial charge in [0.2, 0.25) is 0 Å². The van der Waals surface area contributed by atoms with E-state index in [0.717, 1.165) is 32.1 Å². The predicted octanol–water partition coefficient (Wildman–Crippen LogP) is 4.51. The van der Waals surface area contributed by atoms with Crippen LogP contribution >= 0.6 is 0 Å². The SMILES string of the molecule is Cc1ccc(OCCCN2CCCC2)c(C(F)(F)F)c1.O=C(O)C(F)(F)F. The van der Waals surface area contributed by atoms with E-state index in [4.69, 9.17) is 14.6 Å². The van der Waals surface area contributed by atoms with Crippen molar-refractivity contribution in [2.75, 3.05) is 26.2 Å². The molecule has 1 aromatic rings. The molecule has 2 rings (SSSR count). The van der Waals surface area contributed by atoms with Crippen molar-refractivity contribution in [3.63, 3.8) is 0 Å². The third kappa shape index (κ3) is 8.51. The molecular formula is C17H21F6NO3. The first-order chi connectivity index (χ1) is 12.4. The topological polar surface area (TPSA) is 49.8 Å². The lowest BCUT2D eigenvalue weighted by molar-refractivity contribution is -0.192. The highest BCUT2D eigenvalue weighted by molar-refractivity contribution is 5.73. The molecule has 0 amide bonds. The Hall–Kier alpha value is -1.97. The zero-order valence-electron chi connectivity index (χ0n) is 14.7. The average Bonchev–Trinajstić information content (AvgIpc) is 3.05. The highest BCUT2D eigenvalue weighted by Crippen LogP contribution is 2.36. The predicted molar refractivity (Wildman–Crippen MR) is 85.7 cm³/mol. The van der Waals surface area contributed by atoms with Crippen molar-refractivity contribution in [2.24, 2.45) is 0 Å². The van der Waals surface area contributed by atoms with Crippen molar-refractivity contribution in [1.82, 2.24) is 4.90 Å². The van der Waals surface area contributed by atoms with Gasteiger partial charge >= 0.3 is 18.3 Å². The molecule has 1 heterocycles. The molecule has 1 aromatic carbocycles. The minimum atomic E-state index is -5.08. The monoisotopic (exact) mass is 401 g/mol. The van der Waals surface area contributed by atoms with Crippen LogP contribution < -0.4 is 4.74 Å². The number of hydrogen-bond donors (Lipinski definition) is 1. The first kappa shape index (κ1) is 23.1. The standard InChI is InChI=1S/C15H20F3NO.C2HF3O2/c1-12-5-6-14(13(11-12)15(16,17)18)20-10-4-9-19-7-2-3-8-19;3-2(4,5)1(6)7/h5-6,11H,2-4,7-10H2,1H3;(H,6,7). The number of hydrogen-bond acceptors (Lipinski definition) is 3. The number of carboxylic acids is 1. The summed E-state index contributed by atoms with van der Waals surface area (Å²) < 4.78 is 75.8. The molecule has 4 nitrogen and oxygen atoms in total. The molecule has 10 heteroatoms. The van der Waals surface area contributed by atoms with Gasteiger partial charge in [-0.1, -0.05) is 11.6 Å². The van der Waals surface area contributed by atoms with Crippen LogP contribution in [0.25, 0.3) is 0 Å². The van der Waals surface area contributed by atoms with E-state index >= 15 is 0 Å². The summed E-state index contributed by atoms with van der Waals surface area (Å²) >= 11 is 0. The molecule has 0 saturated carbocycles. The Bertz CT molecular complexity index is 610. The number of nitrogens with zero attached hydrogens (tertiary/aromatic N) is 1. The molecule has 1 aliphatic heterocycles. The summed E-state index contributed by atoms with van der Waals surface area (Å²) in [6, 6.07) is 4.19. The van der Waals surface area contributed by atoms with Gasteiger partial charge in [0.25, 0.3) is 0 Å². The maximum absolute atomic E-state index is 12.9. The largest absolute Gasteiger partial charge is 0.493 e. The first-order valence-electron chi connectivity index (χ1n) is 8.24. The third-order valence-electron chi connectivity index (χ3n) is 3.76. The van der Waals surface area contributed by atoms with Crippen LogP contribution in [0.4, 0.5) is 26.3 Å². The summed E-state index contributed by atoms with van der Waals surface area (Å²) in [4.78, 5) is 11.2. The second kappa shape index (κ2) is 9.82. The minimum Gasteiger partial charge on any atom is -0.493 e. The number of alkyl halides is 6. The molecule has 0 bridgehead atoms. The fraction of sp³-hybridized carbons (Fsp3) is 0.588. The Kier molecular flexibility index (Phi) is 8.39. The molecule has 0 atom stereocenters. The van der Waals surface area contributed by atoms with Crippen molar-refractivity contribution in [3.8, 4) is 5.75 Å². The van der Waals surface area contributed by atoms with Crippen LogP contribution in [0.1, 0.15) is 30.4 Å². The smallest absolute Gasteiger partial charge is 0.490 e. The van der Waals surface area contributed by atoms with Gasteiger partial charge < -0.3 is 14.7 Å². The summed E-state index contributed by atoms with van der Waals surface area (Å²) in [7, 11) is 0. The molecule has 0 aromatic heterocycles. The molecule has 1 saturated heterocycles. The van der Waals surface area contributed by atoms with Gasteiger partial charge in [-0.15, -0.1) is 0 Å². The van der Waals surface area contributed by atoms with Crippen LogP contribution in [0.2, 0.25) is 0 Å². The van der Waals surface area contributed by atoms with E-state index in [1.165, 1.54) is 18.9 Å². The Labute approximate surface area is 152 Å². The molecule has 0 spiro atoms. The molecule has 1 N–H and O–H groups in total. The van der Waals surface area contributed by atoms with Crippen molar-refractivity contribution in [2.45, 2.75) is 38.5 Å². The van der Waals surface area contributed by atoms with Gasteiger partial charge in [-0.05, 0) is 51.4 Å². The fourth-order valence-electron chi connectivity index (χ4n) is 2.47. The number of likely N-dealkylation sites (tertiary alicyclic amines) is 1. The van der Waals surface area contributed by atoms with Gasteiger partial charge in [0.15, 0.2) is 0 Å². The van der Waals surface area contributed by atoms with E-state index < -0.39 is 23.9 Å². The summed E-state index contributed by atoms with van der Waals surface area (Å²) in [5.74, 6) is -2.82. The van der Waals surface area contributed by atoms with Crippen molar-refractivity contribution < 1.29 is 41.0 Å².